The molecule has 5 nitrogen and oxygen atoms in total. The van der Waals surface area contributed by atoms with Crippen LogP contribution >= 0.6 is 0 Å². The molecule has 3 N–H and O–H groups in total. The lowest BCUT2D eigenvalue weighted by molar-refractivity contribution is -0.164. The molecule has 1 saturated heterocycles. The normalized spacial score (nSPS) is 22.2. The van der Waals surface area contributed by atoms with E-state index in [4.69, 9.17) is 5.73 Å². The van der Waals surface area contributed by atoms with Crippen LogP contribution in [0.1, 0.15) is 34.6 Å². The zero-order valence-corrected chi connectivity index (χ0v) is 16.9. The zero-order chi connectivity index (χ0) is 22.2. The first-order valence-electron chi connectivity index (χ1n) is 10.3. The molecule has 1 aromatic heterocycles. The van der Waals surface area contributed by atoms with Gasteiger partial charge in [0.15, 0.2) is 0 Å². The number of primary amides is 1. The number of nitrogens with one attached hydrogen (secondary N) is 1. The van der Waals surface area contributed by atoms with Crippen LogP contribution in [0.4, 0.5) is 17.6 Å². The van der Waals surface area contributed by atoms with Gasteiger partial charge in [-0.2, -0.15) is 13.2 Å². The van der Waals surface area contributed by atoms with Gasteiger partial charge in [0.05, 0.1) is 5.69 Å². The summed E-state index contributed by atoms with van der Waals surface area (Å²) in [5.74, 6) is -1.08. The first kappa shape index (κ1) is 21.7. The maximum atomic E-state index is 13.4. The number of fused-ring (bicyclic) bond motifs is 1. The Hall–Kier alpha value is -2.52. The molecular weight excluding hydrogens is 412 g/mol. The van der Waals surface area contributed by atoms with Crippen LogP contribution in [0.15, 0.2) is 30.3 Å². The lowest BCUT2D eigenvalue weighted by atomic mass is 9.89. The number of pyridine rings is 1. The van der Waals surface area contributed by atoms with Crippen molar-refractivity contribution in [3.8, 4) is 11.1 Å². The van der Waals surface area contributed by atoms with Gasteiger partial charge in [-0.15, -0.1) is 0 Å². The first-order chi connectivity index (χ1) is 14.7. The molecule has 0 saturated carbocycles. The number of alkyl halides is 3. The Morgan fingerprint density at radius 1 is 1.26 bits per heavy atom. The second kappa shape index (κ2) is 8.55. The van der Waals surface area contributed by atoms with Gasteiger partial charge in [-0.05, 0) is 66.6 Å². The molecule has 0 bridgehead atoms. The number of nitrogens with two attached hydrogens (primary N) is 1. The van der Waals surface area contributed by atoms with Crippen molar-refractivity contribution in [1.29, 1.82) is 0 Å². The molecule has 3 heterocycles. The number of halogens is 4. The maximum Gasteiger partial charge on any atom is 0.403 e. The second-order valence-electron chi connectivity index (χ2n) is 8.28. The van der Waals surface area contributed by atoms with Gasteiger partial charge in [-0.25, -0.2) is 9.37 Å². The second-order valence-corrected chi connectivity index (χ2v) is 8.28. The molecule has 2 atom stereocenters. The van der Waals surface area contributed by atoms with Gasteiger partial charge >= 0.3 is 6.18 Å². The molecular formula is C22H24F4N4O. The quantitative estimate of drug-likeness (QED) is 0.722. The number of piperidine rings is 1. The van der Waals surface area contributed by atoms with Crippen LogP contribution in [0.5, 0.6) is 0 Å². The predicted molar refractivity (Wildman–Crippen MR) is 108 cm³/mol. The van der Waals surface area contributed by atoms with Gasteiger partial charge < -0.3 is 11.1 Å². The summed E-state index contributed by atoms with van der Waals surface area (Å²) in [4.78, 5) is 18.4. The molecule has 0 unspecified atom stereocenters. The number of carbonyl (C=O) groups is 1. The molecule has 9 heteroatoms. The highest BCUT2D eigenvalue weighted by Gasteiger charge is 2.42. The van der Waals surface area contributed by atoms with Gasteiger partial charge in [-0.1, -0.05) is 12.1 Å². The Kier molecular flexibility index (Phi) is 5.98. The van der Waals surface area contributed by atoms with E-state index in [0.29, 0.717) is 44.7 Å². The summed E-state index contributed by atoms with van der Waals surface area (Å²) >= 11 is 0. The number of aromatic nitrogens is 1. The van der Waals surface area contributed by atoms with Crippen LogP contribution in [0, 0.1) is 11.7 Å². The maximum absolute atomic E-state index is 13.4. The predicted octanol–water partition coefficient (Wildman–Crippen LogP) is 3.28. The molecule has 2 aliphatic rings. The molecule has 1 aromatic carbocycles. The van der Waals surface area contributed by atoms with Gasteiger partial charge in [-0.3, -0.25) is 9.69 Å². The fourth-order valence-electron chi connectivity index (χ4n) is 4.54. The lowest BCUT2D eigenvalue weighted by Gasteiger charge is -2.36. The Labute approximate surface area is 177 Å². The van der Waals surface area contributed by atoms with Crippen LogP contribution in [-0.2, 0) is 13.0 Å². The Morgan fingerprint density at radius 3 is 2.68 bits per heavy atom. The number of hydrogen-bond donors (Lipinski definition) is 2. The molecule has 2 aromatic rings. The fraction of sp³-hybridized carbons (Fsp3) is 0.455. The first-order valence-corrected chi connectivity index (χ1v) is 10.3. The number of rotatable bonds is 4. The lowest BCUT2D eigenvalue weighted by Crippen LogP contribution is -2.49. The molecule has 4 rings (SSSR count). The number of nitrogens with zero attached hydrogens (tertiary/aromatic N) is 2. The molecule has 0 aliphatic carbocycles. The van der Waals surface area contributed by atoms with Crippen LogP contribution in [-0.4, -0.2) is 47.6 Å². The average Bonchev–Trinajstić information content (AvgIpc) is 2.73. The summed E-state index contributed by atoms with van der Waals surface area (Å²) in [6.07, 6.45) is -2.86. The molecule has 31 heavy (non-hydrogen) atoms. The highest BCUT2D eigenvalue weighted by molar-refractivity contribution is 5.92. The van der Waals surface area contributed by atoms with Crippen LogP contribution in [0.2, 0.25) is 0 Å². The third-order valence-corrected chi connectivity index (χ3v) is 6.09. The van der Waals surface area contributed by atoms with Crippen molar-refractivity contribution in [1.82, 2.24) is 15.2 Å². The largest absolute Gasteiger partial charge is 0.403 e. The van der Waals surface area contributed by atoms with Crippen molar-refractivity contribution in [2.45, 2.75) is 38.0 Å². The number of benzene rings is 1. The molecule has 1 amide bonds. The Morgan fingerprint density at radius 2 is 2.00 bits per heavy atom. The van der Waals surface area contributed by atoms with E-state index in [1.807, 2.05) is 0 Å². The van der Waals surface area contributed by atoms with Crippen molar-refractivity contribution >= 4 is 5.91 Å². The third-order valence-electron chi connectivity index (χ3n) is 6.09. The monoisotopic (exact) mass is 436 g/mol. The average molecular weight is 436 g/mol. The van der Waals surface area contributed by atoms with Crippen LogP contribution in [0.25, 0.3) is 11.1 Å². The number of hydrogen-bond acceptors (Lipinski definition) is 4. The minimum absolute atomic E-state index is 0.0580. The van der Waals surface area contributed by atoms with E-state index in [2.05, 4.69) is 15.2 Å². The van der Waals surface area contributed by atoms with Gasteiger partial charge in [0.1, 0.15) is 17.6 Å². The van der Waals surface area contributed by atoms with Crippen LogP contribution < -0.4 is 11.1 Å². The highest BCUT2D eigenvalue weighted by Crippen LogP contribution is 2.33. The Bertz CT molecular complexity index is 961. The van der Waals surface area contributed by atoms with Crippen molar-refractivity contribution in [2.24, 2.45) is 11.7 Å². The number of carbonyl (C=O) groups excluding carboxylic acids is 1. The van der Waals surface area contributed by atoms with E-state index in [-0.39, 0.29) is 23.8 Å². The van der Waals surface area contributed by atoms with Crippen molar-refractivity contribution in [3.05, 3.63) is 53.1 Å². The SMILES string of the molecule is NC(=O)c1cc(-c2ccc(F)cc2)c2c(n1)CN(C[C@H]1CCN[C@@H](C(F)(F)F)C1)CC2. The molecule has 1 fully saturated rings. The van der Waals surface area contributed by atoms with Gasteiger partial charge in [0.2, 0.25) is 0 Å². The third kappa shape index (κ3) is 4.88. The Balaban J connectivity index is 1.56. The summed E-state index contributed by atoms with van der Waals surface area (Å²) < 4.78 is 52.6. The summed E-state index contributed by atoms with van der Waals surface area (Å²) in [5, 5.41) is 2.56. The number of amides is 1. The summed E-state index contributed by atoms with van der Waals surface area (Å²) in [6, 6.07) is 6.17. The highest BCUT2D eigenvalue weighted by atomic mass is 19.4. The van der Waals surface area contributed by atoms with E-state index in [9.17, 15) is 22.4 Å². The van der Waals surface area contributed by atoms with Crippen molar-refractivity contribution in [3.63, 3.8) is 0 Å². The van der Waals surface area contributed by atoms with E-state index in [1.54, 1.807) is 18.2 Å². The smallest absolute Gasteiger partial charge is 0.364 e. The fourth-order valence-corrected chi connectivity index (χ4v) is 4.54. The van der Waals surface area contributed by atoms with Gasteiger partial charge in [0, 0.05) is 19.6 Å². The minimum atomic E-state index is -4.24. The van der Waals surface area contributed by atoms with E-state index >= 15 is 0 Å². The van der Waals surface area contributed by atoms with Crippen LogP contribution in [0.3, 0.4) is 0 Å². The van der Waals surface area contributed by atoms with E-state index in [1.165, 1.54) is 12.1 Å². The molecule has 0 radical (unpaired) electrons. The molecule has 2 aliphatic heterocycles. The van der Waals surface area contributed by atoms with Crippen molar-refractivity contribution < 1.29 is 22.4 Å². The topological polar surface area (TPSA) is 71.2 Å². The standard InChI is InChI=1S/C22H24F4N4O/c23-15-3-1-14(2-4-15)17-10-18(21(27)31)29-19-12-30(8-6-16(17)19)11-13-5-7-28-20(9-13)22(24,25)26/h1-4,10,13,20,28H,5-9,11-12H2,(H2,27,31)/t13-,20+/m0/s1. The minimum Gasteiger partial charge on any atom is -0.364 e. The van der Waals surface area contributed by atoms with Crippen molar-refractivity contribution in [2.75, 3.05) is 19.6 Å². The van der Waals surface area contributed by atoms with E-state index in [0.717, 1.165) is 16.7 Å². The van der Waals surface area contributed by atoms with Gasteiger partial charge in [0.25, 0.3) is 5.91 Å². The summed E-state index contributed by atoms with van der Waals surface area (Å²) in [6.45, 7) is 2.00. The molecule has 166 valence electrons. The summed E-state index contributed by atoms with van der Waals surface area (Å²) in [7, 11) is 0. The zero-order valence-electron chi connectivity index (χ0n) is 16.9. The summed E-state index contributed by atoms with van der Waals surface area (Å²) in [5.41, 5.74) is 8.81. The molecule has 0 spiro atoms. The van der Waals surface area contributed by atoms with E-state index < -0.39 is 18.1 Å².